The Hall–Kier alpha value is -2.85. The molecule has 10 heteroatoms. The van der Waals surface area contributed by atoms with Crippen LogP contribution in [0.2, 0.25) is 0 Å². The number of carbonyl (C=O) groups excluding carboxylic acids is 2. The lowest BCUT2D eigenvalue weighted by atomic mass is 10.2. The van der Waals surface area contributed by atoms with E-state index >= 15 is 0 Å². The van der Waals surface area contributed by atoms with Crippen molar-refractivity contribution in [2.75, 3.05) is 24.8 Å². The molecule has 0 aliphatic carbocycles. The molecule has 0 radical (unpaired) electrons. The van der Waals surface area contributed by atoms with E-state index in [0.717, 1.165) is 16.9 Å². The van der Waals surface area contributed by atoms with Crippen LogP contribution in [0, 0.1) is 6.92 Å². The lowest BCUT2D eigenvalue weighted by Crippen LogP contribution is -2.13. The van der Waals surface area contributed by atoms with E-state index in [1.807, 2.05) is 42.8 Å². The van der Waals surface area contributed by atoms with Crippen molar-refractivity contribution in [2.45, 2.75) is 19.0 Å². The molecule has 2 heterocycles. The van der Waals surface area contributed by atoms with E-state index in [1.54, 1.807) is 20.1 Å². The Balaban J connectivity index is 1.61. The first-order valence-electron chi connectivity index (χ1n) is 9.17. The van der Waals surface area contributed by atoms with Crippen LogP contribution < -0.4 is 10.1 Å². The average Bonchev–Trinajstić information content (AvgIpc) is 3.28. The maximum absolute atomic E-state index is 12.3. The number of aryl methyl sites for hydroxylation is 1. The molecule has 0 bridgehead atoms. The molecule has 0 unspecified atom stereocenters. The summed E-state index contributed by atoms with van der Waals surface area (Å²) in [7, 11) is 3.47. The van der Waals surface area contributed by atoms with Crippen LogP contribution in [0.3, 0.4) is 0 Å². The fourth-order valence-electron chi connectivity index (χ4n) is 2.68. The Bertz CT molecular complexity index is 1040. The number of rotatable bonds is 8. The number of carbonyl (C=O) groups is 2. The topological polar surface area (TPSA) is 95.3 Å². The molecule has 0 aliphatic rings. The van der Waals surface area contributed by atoms with Gasteiger partial charge in [0.1, 0.15) is 10.6 Å². The summed E-state index contributed by atoms with van der Waals surface area (Å²) in [6.07, 6.45) is 0. The fraction of sp³-hybridized carbons (Fsp3) is 0.300. The third-order valence-corrected chi connectivity index (χ3v) is 6.31. The Morgan fingerprint density at radius 3 is 2.63 bits per heavy atom. The highest BCUT2D eigenvalue weighted by Gasteiger charge is 2.17. The molecule has 0 saturated heterocycles. The van der Waals surface area contributed by atoms with Crippen molar-refractivity contribution in [3.05, 3.63) is 40.8 Å². The van der Waals surface area contributed by atoms with Gasteiger partial charge in [-0.15, -0.1) is 21.5 Å². The van der Waals surface area contributed by atoms with Crippen molar-refractivity contribution in [2.24, 2.45) is 7.05 Å². The number of nitrogens with one attached hydrogen (secondary N) is 1. The van der Waals surface area contributed by atoms with E-state index in [2.05, 4.69) is 15.5 Å². The maximum Gasteiger partial charge on any atom is 0.348 e. The smallest absolute Gasteiger partial charge is 0.348 e. The zero-order valence-electron chi connectivity index (χ0n) is 17.1. The Labute approximate surface area is 182 Å². The normalized spacial score (nSPS) is 10.7. The summed E-state index contributed by atoms with van der Waals surface area (Å²) in [4.78, 5) is 24.8. The number of esters is 1. The second kappa shape index (κ2) is 9.77. The molecule has 3 rings (SSSR count). The van der Waals surface area contributed by atoms with Crippen molar-refractivity contribution >= 4 is 40.0 Å². The summed E-state index contributed by atoms with van der Waals surface area (Å²) in [5, 5.41) is 12.5. The summed E-state index contributed by atoms with van der Waals surface area (Å²) in [6.45, 7) is 3.88. The van der Waals surface area contributed by atoms with Crippen LogP contribution in [-0.2, 0) is 16.6 Å². The Kier molecular flexibility index (Phi) is 7.11. The molecule has 0 atom stereocenters. The summed E-state index contributed by atoms with van der Waals surface area (Å²) in [5.41, 5.74) is 1.68. The Morgan fingerprint density at radius 2 is 1.97 bits per heavy atom. The predicted molar refractivity (Wildman–Crippen MR) is 117 cm³/mol. The van der Waals surface area contributed by atoms with Crippen LogP contribution in [0.15, 0.2) is 35.5 Å². The highest BCUT2D eigenvalue weighted by molar-refractivity contribution is 7.99. The minimum Gasteiger partial charge on any atom is -0.497 e. The van der Waals surface area contributed by atoms with E-state index in [0.29, 0.717) is 27.5 Å². The monoisotopic (exact) mass is 446 g/mol. The van der Waals surface area contributed by atoms with Gasteiger partial charge in [-0.05, 0) is 49.7 Å². The summed E-state index contributed by atoms with van der Waals surface area (Å²) < 4.78 is 12.0. The van der Waals surface area contributed by atoms with Crippen molar-refractivity contribution in [1.82, 2.24) is 14.8 Å². The zero-order chi connectivity index (χ0) is 21.7. The number of aromatic nitrogens is 3. The molecule has 2 aromatic heterocycles. The molecule has 8 nitrogen and oxygen atoms in total. The molecule has 0 spiro atoms. The molecule has 3 aromatic rings. The van der Waals surface area contributed by atoms with Gasteiger partial charge in [0.25, 0.3) is 0 Å². The van der Waals surface area contributed by atoms with Crippen molar-refractivity contribution in [3.63, 3.8) is 0 Å². The third-order valence-electron chi connectivity index (χ3n) is 4.16. The first-order valence-corrected chi connectivity index (χ1v) is 11.0. The molecule has 1 amide bonds. The minimum atomic E-state index is -0.375. The van der Waals surface area contributed by atoms with Crippen molar-refractivity contribution in [3.8, 4) is 17.1 Å². The van der Waals surface area contributed by atoms with E-state index in [9.17, 15) is 9.59 Å². The minimum absolute atomic E-state index is 0.167. The van der Waals surface area contributed by atoms with Gasteiger partial charge in [-0.1, -0.05) is 11.8 Å². The second-order valence-corrected chi connectivity index (χ2v) is 8.27. The standard InChI is InChI=1S/C20H22N4O4S2/c1-5-28-19(26)17-12(2)10-16(30-17)21-15(25)11-29-20-23-22-18(24(20)3)13-6-8-14(27-4)9-7-13/h6-10H,5,11H2,1-4H3,(H,21,25). The molecule has 30 heavy (non-hydrogen) atoms. The second-order valence-electron chi connectivity index (χ2n) is 6.27. The van der Waals surface area contributed by atoms with Crippen LogP contribution in [-0.4, -0.2) is 46.1 Å². The number of ether oxygens (including phenoxy) is 2. The number of thioether (sulfide) groups is 1. The number of anilines is 1. The van der Waals surface area contributed by atoms with Crippen LogP contribution >= 0.6 is 23.1 Å². The number of amides is 1. The van der Waals surface area contributed by atoms with Gasteiger partial charge in [0.05, 0.1) is 24.5 Å². The number of hydrogen-bond acceptors (Lipinski definition) is 8. The van der Waals surface area contributed by atoms with Crippen LogP contribution in [0.5, 0.6) is 5.75 Å². The van der Waals surface area contributed by atoms with E-state index in [1.165, 1.54) is 23.1 Å². The SMILES string of the molecule is CCOC(=O)c1sc(NC(=O)CSc2nnc(-c3ccc(OC)cc3)n2C)cc1C. The molecule has 0 fully saturated rings. The number of methoxy groups -OCH3 is 1. The van der Waals surface area contributed by atoms with Gasteiger partial charge in [-0.3, -0.25) is 4.79 Å². The molecule has 158 valence electrons. The van der Waals surface area contributed by atoms with Crippen LogP contribution in [0.1, 0.15) is 22.2 Å². The summed E-state index contributed by atoms with van der Waals surface area (Å²) >= 11 is 2.49. The van der Waals surface area contributed by atoms with E-state index < -0.39 is 0 Å². The highest BCUT2D eigenvalue weighted by atomic mass is 32.2. The molecule has 0 saturated carbocycles. The lowest BCUT2D eigenvalue weighted by molar-refractivity contribution is -0.113. The average molecular weight is 447 g/mol. The first-order chi connectivity index (χ1) is 14.4. The number of benzene rings is 1. The quantitative estimate of drug-likeness (QED) is 0.416. The van der Waals surface area contributed by atoms with Gasteiger partial charge in [0.2, 0.25) is 5.91 Å². The van der Waals surface area contributed by atoms with Gasteiger partial charge in [0.15, 0.2) is 11.0 Å². The maximum atomic E-state index is 12.3. The predicted octanol–water partition coefficient (Wildman–Crippen LogP) is 3.77. The zero-order valence-corrected chi connectivity index (χ0v) is 18.7. The number of hydrogen-bond donors (Lipinski definition) is 1. The third kappa shape index (κ3) is 5.00. The van der Waals surface area contributed by atoms with Gasteiger partial charge in [0, 0.05) is 12.6 Å². The van der Waals surface area contributed by atoms with Gasteiger partial charge < -0.3 is 19.4 Å². The number of thiophene rings is 1. The molecule has 1 aromatic carbocycles. The summed E-state index contributed by atoms with van der Waals surface area (Å²) in [6, 6.07) is 9.30. The van der Waals surface area contributed by atoms with E-state index in [4.69, 9.17) is 9.47 Å². The molecular weight excluding hydrogens is 424 g/mol. The molecule has 1 N–H and O–H groups in total. The molecule has 0 aliphatic heterocycles. The van der Waals surface area contributed by atoms with Gasteiger partial charge in [-0.2, -0.15) is 0 Å². The van der Waals surface area contributed by atoms with Crippen LogP contribution in [0.4, 0.5) is 5.00 Å². The first kappa shape index (κ1) is 21.8. The Morgan fingerprint density at radius 1 is 1.23 bits per heavy atom. The van der Waals surface area contributed by atoms with Crippen molar-refractivity contribution < 1.29 is 19.1 Å². The van der Waals surface area contributed by atoms with Gasteiger partial charge >= 0.3 is 5.97 Å². The lowest BCUT2D eigenvalue weighted by Gasteiger charge is -2.05. The number of nitrogens with zero attached hydrogens (tertiary/aromatic N) is 3. The van der Waals surface area contributed by atoms with Crippen molar-refractivity contribution in [1.29, 1.82) is 0 Å². The summed E-state index contributed by atoms with van der Waals surface area (Å²) in [5.74, 6) is 1.07. The molecular formula is C20H22N4O4S2. The fourth-order valence-corrected chi connectivity index (χ4v) is 4.37. The highest BCUT2D eigenvalue weighted by Crippen LogP contribution is 2.28. The van der Waals surface area contributed by atoms with Crippen LogP contribution in [0.25, 0.3) is 11.4 Å². The largest absolute Gasteiger partial charge is 0.497 e. The van der Waals surface area contributed by atoms with E-state index in [-0.39, 0.29) is 17.6 Å². The van der Waals surface area contributed by atoms with Gasteiger partial charge in [-0.25, -0.2) is 4.79 Å².